The van der Waals surface area contributed by atoms with E-state index in [0.29, 0.717) is 50.4 Å². The van der Waals surface area contributed by atoms with E-state index in [4.69, 9.17) is 9.47 Å². The second kappa shape index (κ2) is 9.61. The van der Waals surface area contributed by atoms with Crippen LogP contribution in [0, 0.1) is 0 Å². The Morgan fingerprint density at radius 1 is 1.41 bits per heavy atom. The molecule has 9 heteroatoms. The number of ether oxygens (including phenoxy) is 2. The van der Waals surface area contributed by atoms with Crippen molar-refractivity contribution in [3.8, 4) is 0 Å². The number of esters is 1. The predicted octanol–water partition coefficient (Wildman–Crippen LogP) is 1.84. The van der Waals surface area contributed by atoms with E-state index in [2.05, 4.69) is 15.4 Å². The number of hydrogen-bond acceptors (Lipinski definition) is 7. The zero-order chi connectivity index (χ0) is 19.1. The van der Waals surface area contributed by atoms with Crippen LogP contribution in [0.15, 0.2) is 10.9 Å². The Morgan fingerprint density at radius 2 is 2.26 bits per heavy atom. The topological polar surface area (TPSA) is 95.3 Å². The van der Waals surface area contributed by atoms with Crippen LogP contribution in [0.4, 0.5) is 0 Å². The summed E-state index contributed by atoms with van der Waals surface area (Å²) in [5.41, 5.74) is 4.21. The molecule has 0 saturated carbocycles. The highest BCUT2D eigenvalue weighted by atomic mass is 32.1. The number of carbonyl (C=O) groups excluding carboxylic acids is 2. The fourth-order valence-corrected chi connectivity index (χ4v) is 3.54. The third kappa shape index (κ3) is 4.92. The maximum absolute atomic E-state index is 12.7. The van der Waals surface area contributed by atoms with Crippen molar-refractivity contribution in [2.75, 3.05) is 26.4 Å². The highest BCUT2D eigenvalue weighted by Gasteiger charge is 2.23. The molecule has 1 aliphatic heterocycles. The Bertz CT molecular complexity index is 773. The molecule has 27 heavy (non-hydrogen) atoms. The summed E-state index contributed by atoms with van der Waals surface area (Å²) in [6, 6.07) is 0. The van der Waals surface area contributed by atoms with Crippen molar-refractivity contribution in [1.29, 1.82) is 0 Å². The van der Waals surface area contributed by atoms with Crippen LogP contribution in [0.5, 0.6) is 0 Å². The van der Waals surface area contributed by atoms with Crippen LogP contribution in [-0.2, 0) is 28.9 Å². The molecule has 0 radical (unpaired) electrons. The molecule has 0 aliphatic carbocycles. The number of nitrogens with one attached hydrogen (secondary N) is 1. The monoisotopic (exact) mass is 392 g/mol. The summed E-state index contributed by atoms with van der Waals surface area (Å²) in [5, 5.41) is 9.20. The molecular weight excluding hydrogens is 368 g/mol. The Hall–Kier alpha value is -2.26. The second-order valence-electron chi connectivity index (χ2n) is 6.18. The van der Waals surface area contributed by atoms with Crippen LogP contribution in [-0.4, -0.2) is 53.0 Å². The maximum atomic E-state index is 12.7. The van der Waals surface area contributed by atoms with E-state index < -0.39 is 5.97 Å². The van der Waals surface area contributed by atoms with Crippen LogP contribution < -0.4 is 5.32 Å². The van der Waals surface area contributed by atoms with Gasteiger partial charge in [0, 0.05) is 25.1 Å². The van der Waals surface area contributed by atoms with Gasteiger partial charge in [0.1, 0.15) is 6.61 Å². The Labute approximate surface area is 161 Å². The molecule has 1 aliphatic rings. The lowest BCUT2D eigenvalue weighted by atomic mass is 10.1. The first-order valence-electron chi connectivity index (χ1n) is 9.20. The van der Waals surface area contributed by atoms with Crippen LogP contribution in [0.3, 0.4) is 0 Å². The number of amides is 1. The van der Waals surface area contributed by atoms with Crippen molar-refractivity contribution in [1.82, 2.24) is 20.1 Å². The largest absolute Gasteiger partial charge is 0.459 e. The molecule has 8 nitrogen and oxygen atoms in total. The van der Waals surface area contributed by atoms with Gasteiger partial charge in [-0.05, 0) is 25.7 Å². The SMILES string of the molecule is CCc1nn(CCOC(=O)c2cscn2)c2c1C(=O)NCCCOCCC2. The van der Waals surface area contributed by atoms with Crippen molar-refractivity contribution >= 4 is 23.2 Å². The van der Waals surface area contributed by atoms with Gasteiger partial charge in [0.2, 0.25) is 0 Å². The van der Waals surface area contributed by atoms with E-state index in [0.717, 1.165) is 24.2 Å². The van der Waals surface area contributed by atoms with E-state index >= 15 is 0 Å². The van der Waals surface area contributed by atoms with Crippen molar-refractivity contribution in [2.24, 2.45) is 0 Å². The lowest BCUT2D eigenvalue weighted by molar-refractivity contribution is 0.0480. The first kappa shape index (κ1) is 19.5. The molecule has 0 saturated heterocycles. The number of carbonyl (C=O) groups is 2. The predicted molar refractivity (Wildman–Crippen MR) is 100 cm³/mol. The van der Waals surface area contributed by atoms with Gasteiger partial charge in [-0.3, -0.25) is 9.48 Å². The van der Waals surface area contributed by atoms with Gasteiger partial charge in [-0.15, -0.1) is 11.3 Å². The third-order valence-electron chi connectivity index (χ3n) is 4.32. The minimum Gasteiger partial charge on any atom is -0.459 e. The number of aromatic nitrogens is 3. The van der Waals surface area contributed by atoms with Gasteiger partial charge in [-0.1, -0.05) is 6.92 Å². The molecule has 1 N–H and O–H groups in total. The fraction of sp³-hybridized carbons (Fsp3) is 0.556. The van der Waals surface area contributed by atoms with Crippen molar-refractivity contribution < 1.29 is 19.1 Å². The van der Waals surface area contributed by atoms with E-state index in [1.165, 1.54) is 11.3 Å². The zero-order valence-corrected chi connectivity index (χ0v) is 16.2. The van der Waals surface area contributed by atoms with Crippen molar-refractivity contribution in [3.05, 3.63) is 33.5 Å². The van der Waals surface area contributed by atoms with Gasteiger partial charge in [-0.2, -0.15) is 5.10 Å². The summed E-state index contributed by atoms with van der Waals surface area (Å²) in [6.07, 6.45) is 2.96. The summed E-state index contributed by atoms with van der Waals surface area (Å²) in [7, 11) is 0. The van der Waals surface area contributed by atoms with Crippen LogP contribution in [0.1, 0.15) is 52.0 Å². The van der Waals surface area contributed by atoms with Crippen LogP contribution in [0.25, 0.3) is 0 Å². The second-order valence-corrected chi connectivity index (χ2v) is 6.90. The number of rotatable bonds is 5. The molecule has 0 spiro atoms. The number of nitrogens with zero attached hydrogens (tertiary/aromatic N) is 3. The van der Waals surface area contributed by atoms with Gasteiger partial charge in [0.25, 0.3) is 5.91 Å². The fourth-order valence-electron chi connectivity index (χ4n) is 3.02. The average Bonchev–Trinajstić information content (AvgIpc) is 3.31. The van der Waals surface area contributed by atoms with E-state index in [1.54, 1.807) is 15.6 Å². The van der Waals surface area contributed by atoms with E-state index in [9.17, 15) is 9.59 Å². The molecular formula is C18H24N4O4S. The number of fused-ring (bicyclic) bond motifs is 1. The molecule has 0 fully saturated rings. The third-order valence-corrected chi connectivity index (χ3v) is 4.91. The molecule has 0 atom stereocenters. The smallest absolute Gasteiger partial charge is 0.357 e. The van der Waals surface area contributed by atoms with E-state index in [-0.39, 0.29) is 12.5 Å². The minimum absolute atomic E-state index is 0.0885. The average molecular weight is 392 g/mol. The molecule has 146 valence electrons. The number of aryl methyl sites for hydroxylation is 1. The molecule has 1 amide bonds. The molecule has 3 rings (SSSR count). The number of hydrogen-bond donors (Lipinski definition) is 1. The van der Waals surface area contributed by atoms with E-state index in [1.807, 2.05) is 6.92 Å². The molecule has 0 bridgehead atoms. The molecule has 0 unspecified atom stereocenters. The summed E-state index contributed by atoms with van der Waals surface area (Å²) in [6.45, 7) is 4.43. The lowest BCUT2D eigenvalue weighted by Gasteiger charge is -2.10. The molecule has 3 heterocycles. The molecule has 2 aromatic heterocycles. The van der Waals surface area contributed by atoms with Crippen molar-refractivity contribution in [2.45, 2.75) is 39.2 Å². The lowest BCUT2D eigenvalue weighted by Crippen LogP contribution is -2.26. The summed E-state index contributed by atoms with van der Waals surface area (Å²) in [5.74, 6) is -0.535. The van der Waals surface area contributed by atoms with Gasteiger partial charge < -0.3 is 14.8 Å². The molecule has 2 aromatic rings. The highest BCUT2D eigenvalue weighted by Crippen LogP contribution is 2.18. The van der Waals surface area contributed by atoms with Crippen LogP contribution >= 0.6 is 11.3 Å². The first-order valence-corrected chi connectivity index (χ1v) is 10.1. The Kier molecular flexibility index (Phi) is 6.94. The minimum atomic E-state index is -0.446. The Balaban J connectivity index is 1.74. The summed E-state index contributed by atoms with van der Waals surface area (Å²) in [4.78, 5) is 28.5. The zero-order valence-electron chi connectivity index (χ0n) is 15.4. The van der Waals surface area contributed by atoms with Gasteiger partial charge in [0.15, 0.2) is 5.69 Å². The highest BCUT2D eigenvalue weighted by molar-refractivity contribution is 7.07. The summed E-state index contributed by atoms with van der Waals surface area (Å²) >= 11 is 1.35. The Morgan fingerprint density at radius 3 is 3.04 bits per heavy atom. The van der Waals surface area contributed by atoms with Gasteiger partial charge >= 0.3 is 5.97 Å². The molecule has 0 aromatic carbocycles. The number of thiazole rings is 1. The first-order chi connectivity index (χ1) is 13.2. The summed E-state index contributed by atoms with van der Waals surface area (Å²) < 4.78 is 12.7. The maximum Gasteiger partial charge on any atom is 0.357 e. The standard InChI is InChI=1S/C18H24N4O4S/c1-2-13-16-15(5-3-8-25-9-4-6-19-17(16)23)22(21-13)7-10-26-18(24)14-11-27-12-20-14/h11-12H,2-10H2,1H3,(H,19,23). The normalized spacial score (nSPS) is 15.5. The van der Waals surface area contributed by atoms with Crippen molar-refractivity contribution in [3.63, 3.8) is 0 Å². The van der Waals surface area contributed by atoms with Crippen LogP contribution in [0.2, 0.25) is 0 Å². The quantitative estimate of drug-likeness (QED) is 0.780. The van der Waals surface area contributed by atoms with Gasteiger partial charge in [-0.25, -0.2) is 9.78 Å². The van der Waals surface area contributed by atoms with Gasteiger partial charge in [0.05, 0.1) is 29.0 Å².